The molecule has 12 heteroatoms. The number of ketones is 2. The molecule has 0 bridgehead atoms. The molecule has 34 heavy (non-hydrogen) atoms. The molecule has 2 aromatic carbocycles. The molecule has 0 saturated heterocycles. The topological polar surface area (TPSA) is 211 Å². The Balaban J connectivity index is 1.77. The Morgan fingerprint density at radius 1 is 0.941 bits per heavy atom. The Labute approximate surface area is 190 Å². The Hall–Kier alpha value is -4.29. The summed E-state index contributed by atoms with van der Waals surface area (Å²) in [5.74, 6) is -7.08. The number of carbonyl (C=O) groups excluding carboxylic acids is 3. The molecule has 4 unspecified atom stereocenters. The van der Waals surface area contributed by atoms with E-state index in [0.29, 0.717) is 0 Å². The number of ether oxygens (including phenoxy) is 2. The van der Waals surface area contributed by atoms with Crippen molar-refractivity contribution in [2.24, 2.45) is 0 Å². The van der Waals surface area contributed by atoms with Crippen molar-refractivity contribution in [1.82, 2.24) is 0 Å². The van der Waals surface area contributed by atoms with Crippen LogP contribution in [-0.4, -0.2) is 77.7 Å². The summed E-state index contributed by atoms with van der Waals surface area (Å²) in [4.78, 5) is 38.0. The second kappa shape index (κ2) is 8.24. The fraction of sp³-hybridized carbons (Fsp3) is 0.227. The van der Waals surface area contributed by atoms with E-state index in [-0.39, 0.29) is 17.7 Å². The second-order valence-corrected chi connectivity index (χ2v) is 7.77. The highest BCUT2D eigenvalue weighted by Crippen LogP contribution is 2.42. The third-order valence-electron chi connectivity index (χ3n) is 5.43. The highest BCUT2D eigenvalue weighted by molar-refractivity contribution is 6.07. The minimum absolute atomic E-state index is 0.0150. The van der Waals surface area contributed by atoms with Crippen molar-refractivity contribution < 1.29 is 59.6 Å². The molecule has 0 radical (unpaired) electrons. The van der Waals surface area contributed by atoms with E-state index in [9.17, 15) is 50.1 Å². The molecule has 0 amide bonds. The Morgan fingerprint density at radius 3 is 2.21 bits per heavy atom. The Morgan fingerprint density at radius 2 is 1.59 bits per heavy atom. The van der Waals surface area contributed by atoms with E-state index in [0.717, 1.165) is 30.3 Å². The number of esters is 1. The first-order valence-corrected chi connectivity index (χ1v) is 9.81. The van der Waals surface area contributed by atoms with E-state index < -0.39 is 81.8 Å². The van der Waals surface area contributed by atoms with Gasteiger partial charge in [0.2, 0.25) is 11.9 Å². The lowest BCUT2D eigenvalue weighted by atomic mass is 9.85. The van der Waals surface area contributed by atoms with Crippen LogP contribution in [0, 0.1) is 0 Å². The number of aromatic hydroxyl groups is 5. The van der Waals surface area contributed by atoms with Crippen LogP contribution in [-0.2, 0) is 9.53 Å². The number of Topliss-reactive ketones (excluding diaryl/α,β-unsaturated/α-hetero) is 1. The van der Waals surface area contributed by atoms with Gasteiger partial charge in [0.15, 0.2) is 29.1 Å². The molecule has 1 aliphatic carbocycles. The largest absolute Gasteiger partial charge is 0.508 e. The van der Waals surface area contributed by atoms with Crippen molar-refractivity contribution in [1.29, 1.82) is 0 Å². The van der Waals surface area contributed by atoms with Gasteiger partial charge in [0.05, 0.1) is 11.7 Å². The van der Waals surface area contributed by atoms with Gasteiger partial charge < -0.3 is 45.2 Å². The standard InChI is InChI=1S/C22H18O12/c23-9-5-10(24)16-15(6-9)33-20(7-1-11(25)17(29)12(26)2-7)21(19(16)31)34-22(32)8-3-13(27)18(30)14(28)4-8/h1,3-6,12,17,20-21,23-24,26-30H,2H2. The van der Waals surface area contributed by atoms with Gasteiger partial charge in [-0.2, -0.15) is 0 Å². The molecular formula is C22H18O12. The van der Waals surface area contributed by atoms with Gasteiger partial charge in [0, 0.05) is 18.6 Å². The second-order valence-electron chi connectivity index (χ2n) is 7.77. The normalized spacial score (nSPS) is 24.1. The lowest BCUT2D eigenvalue weighted by molar-refractivity contribution is -0.129. The predicted molar refractivity (Wildman–Crippen MR) is 109 cm³/mol. The first-order chi connectivity index (χ1) is 16.0. The number of hydrogen-bond donors (Lipinski definition) is 7. The zero-order valence-corrected chi connectivity index (χ0v) is 17.1. The maximum absolute atomic E-state index is 13.2. The smallest absolute Gasteiger partial charge is 0.339 e. The van der Waals surface area contributed by atoms with Gasteiger partial charge in [-0.25, -0.2) is 4.79 Å². The average molecular weight is 474 g/mol. The number of carbonyl (C=O) groups is 3. The number of phenolic OH excluding ortho intramolecular Hbond substituents is 5. The van der Waals surface area contributed by atoms with Crippen LogP contribution in [0.1, 0.15) is 27.1 Å². The lowest BCUT2D eigenvalue weighted by Gasteiger charge is -2.35. The fourth-order valence-electron chi connectivity index (χ4n) is 3.76. The number of rotatable bonds is 3. The third kappa shape index (κ3) is 3.84. The third-order valence-corrected chi connectivity index (χ3v) is 5.43. The van der Waals surface area contributed by atoms with Crippen molar-refractivity contribution in [2.75, 3.05) is 0 Å². The summed E-state index contributed by atoms with van der Waals surface area (Å²) in [6, 6.07) is 3.42. The van der Waals surface area contributed by atoms with Gasteiger partial charge in [-0.15, -0.1) is 0 Å². The van der Waals surface area contributed by atoms with E-state index in [2.05, 4.69) is 0 Å². The van der Waals surface area contributed by atoms with Crippen molar-refractivity contribution in [3.05, 3.63) is 47.0 Å². The molecule has 0 saturated carbocycles. The number of aliphatic hydroxyl groups excluding tert-OH is 2. The highest BCUT2D eigenvalue weighted by Gasteiger charge is 2.46. The van der Waals surface area contributed by atoms with E-state index in [4.69, 9.17) is 9.47 Å². The van der Waals surface area contributed by atoms with Crippen LogP contribution in [0.15, 0.2) is 35.9 Å². The number of fused-ring (bicyclic) bond motifs is 1. The van der Waals surface area contributed by atoms with Gasteiger partial charge in [-0.05, 0) is 23.8 Å². The summed E-state index contributed by atoms with van der Waals surface area (Å²) in [6.45, 7) is 0. The summed E-state index contributed by atoms with van der Waals surface area (Å²) in [6.07, 6.45) is -5.97. The van der Waals surface area contributed by atoms with Crippen LogP contribution < -0.4 is 4.74 Å². The molecule has 1 aliphatic heterocycles. The summed E-state index contributed by atoms with van der Waals surface area (Å²) in [5, 5.41) is 68.4. The van der Waals surface area contributed by atoms with Crippen molar-refractivity contribution >= 4 is 17.5 Å². The van der Waals surface area contributed by atoms with Crippen molar-refractivity contribution in [3.8, 4) is 34.5 Å². The zero-order chi connectivity index (χ0) is 24.9. The SMILES string of the molecule is O=C(OC1C(=O)c2c(O)cc(O)cc2OC1C1=CC(=O)C(O)C(O)C1)c1cc(O)c(O)c(O)c1. The van der Waals surface area contributed by atoms with Crippen LogP contribution in [0.3, 0.4) is 0 Å². The molecule has 7 N–H and O–H groups in total. The van der Waals surface area contributed by atoms with Gasteiger partial charge in [-0.3, -0.25) is 9.59 Å². The summed E-state index contributed by atoms with van der Waals surface area (Å²) >= 11 is 0. The molecule has 0 fully saturated rings. The maximum atomic E-state index is 13.2. The molecular weight excluding hydrogens is 456 g/mol. The molecule has 1 heterocycles. The minimum atomic E-state index is -1.82. The van der Waals surface area contributed by atoms with Crippen LogP contribution >= 0.6 is 0 Å². The molecule has 178 valence electrons. The van der Waals surface area contributed by atoms with Crippen molar-refractivity contribution in [3.63, 3.8) is 0 Å². The molecule has 0 aromatic heterocycles. The lowest BCUT2D eigenvalue weighted by Crippen LogP contribution is -2.49. The molecule has 4 atom stereocenters. The van der Waals surface area contributed by atoms with Crippen LogP contribution in [0.4, 0.5) is 0 Å². The maximum Gasteiger partial charge on any atom is 0.339 e. The van der Waals surface area contributed by atoms with E-state index in [1.54, 1.807) is 0 Å². The number of benzene rings is 2. The van der Waals surface area contributed by atoms with Gasteiger partial charge in [-0.1, -0.05) is 0 Å². The number of hydrogen-bond acceptors (Lipinski definition) is 12. The average Bonchev–Trinajstić information content (AvgIpc) is 2.76. The molecule has 2 aliphatic rings. The molecule has 0 spiro atoms. The van der Waals surface area contributed by atoms with Crippen LogP contribution in [0.5, 0.6) is 34.5 Å². The first-order valence-electron chi connectivity index (χ1n) is 9.81. The highest BCUT2D eigenvalue weighted by atomic mass is 16.6. The van der Waals surface area contributed by atoms with Gasteiger partial charge in [0.25, 0.3) is 0 Å². The Bertz CT molecular complexity index is 1220. The van der Waals surface area contributed by atoms with Gasteiger partial charge in [0.1, 0.15) is 28.9 Å². The summed E-state index contributed by atoms with van der Waals surface area (Å²) in [7, 11) is 0. The van der Waals surface area contributed by atoms with Crippen LogP contribution in [0.2, 0.25) is 0 Å². The fourth-order valence-corrected chi connectivity index (χ4v) is 3.76. The summed E-state index contributed by atoms with van der Waals surface area (Å²) in [5.41, 5.74) is -0.894. The first kappa shape index (κ1) is 22.9. The van der Waals surface area contributed by atoms with E-state index in [1.165, 1.54) is 0 Å². The minimum Gasteiger partial charge on any atom is -0.508 e. The number of phenols is 5. The quantitative estimate of drug-likeness (QED) is 0.231. The van der Waals surface area contributed by atoms with Gasteiger partial charge >= 0.3 is 5.97 Å². The molecule has 4 rings (SSSR count). The Kier molecular flexibility index (Phi) is 5.55. The number of aliphatic hydroxyl groups is 2. The van der Waals surface area contributed by atoms with E-state index >= 15 is 0 Å². The summed E-state index contributed by atoms with van der Waals surface area (Å²) < 4.78 is 10.9. The predicted octanol–water partition coefficient (Wildman–Crippen LogP) is 0.00490. The monoisotopic (exact) mass is 474 g/mol. The zero-order valence-electron chi connectivity index (χ0n) is 17.1. The van der Waals surface area contributed by atoms with Crippen molar-refractivity contribution in [2.45, 2.75) is 30.8 Å². The molecule has 12 nitrogen and oxygen atoms in total. The van der Waals surface area contributed by atoms with Crippen LogP contribution in [0.25, 0.3) is 0 Å². The molecule has 2 aromatic rings. The van der Waals surface area contributed by atoms with E-state index in [1.807, 2.05) is 0 Å².